The predicted octanol–water partition coefficient (Wildman–Crippen LogP) is 3.68. The summed E-state index contributed by atoms with van der Waals surface area (Å²) in [5.74, 6) is 0.854. The first kappa shape index (κ1) is 15.8. The highest BCUT2D eigenvalue weighted by Gasteiger charge is 2.22. The maximum atomic E-state index is 12.7. The Morgan fingerprint density at radius 3 is 2.83 bits per heavy atom. The highest BCUT2D eigenvalue weighted by atomic mass is 35.5. The number of ether oxygens (including phenoxy) is 1. The second-order valence-corrected chi connectivity index (χ2v) is 5.99. The Kier molecular flexibility index (Phi) is 4.84. The van der Waals surface area contributed by atoms with Crippen molar-refractivity contribution in [3.8, 4) is 5.75 Å². The van der Waals surface area contributed by atoms with Crippen LogP contribution < -0.4 is 15.4 Å². The molecule has 1 aliphatic rings. The van der Waals surface area contributed by atoms with Gasteiger partial charge in [0.05, 0.1) is 12.1 Å². The number of amides is 1. The largest absolute Gasteiger partial charge is 0.495 e. The van der Waals surface area contributed by atoms with Crippen molar-refractivity contribution in [2.75, 3.05) is 25.5 Å². The number of hydrogen-bond donors (Lipinski definition) is 2. The SMILES string of the molecule is COc1ccc(NC(=O)c2ccccc2[C@H]2CCNC2)cc1Cl. The molecule has 0 unspecified atom stereocenters. The molecule has 0 bridgehead atoms. The number of halogens is 1. The number of carbonyl (C=O) groups excluding carboxylic acids is 1. The zero-order chi connectivity index (χ0) is 16.2. The second kappa shape index (κ2) is 7.02. The Hall–Kier alpha value is -2.04. The molecule has 2 aromatic carbocycles. The van der Waals surface area contributed by atoms with E-state index in [1.54, 1.807) is 25.3 Å². The molecular weight excluding hydrogens is 312 g/mol. The van der Waals surface area contributed by atoms with Crippen molar-refractivity contribution in [2.24, 2.45) is 0 Å². The van der Waals surface area contributed by atoms with E-state index in [0.717, 1.165) is 25.1 Å². The highest BCUT2D eigenvalue weighted by molar-refractivity contribution is 6.32. The Morgan fingerprint density at radius 2 is 2.13 bits per heavy atom. The summed E-state index contributed by atoms with van der Waals surface area (Å²) in [7, 11) is 1.56. The van der Waals surface area contributed by atoms with E-state index in [9.17, 15) is 4.79 Å². The van der Waals surface area contributed by atoms with Crippen LogP contribution in [0.2, 0.25) is 5.02 Å². The van der Waals surface area contributed by atoms with E-state index in [1.165, 1.54) is 0 Å². The molecule has 0 saturated carbocycles. The Labute approximate surface area is 140 Å². The van der Waals surface area contributed by atoms with Crippen LogP contribution in [0.15, 0.2) is 42.5 Å². The van der Waals surface area contributed by atoms with Crippen LogP contribution in [0, 0.1) is 0 Å². The minimum absolute atomic E-state index is 0.117. The zero-order valence-corrected chi connectivity index (χ0v) is 13.7. The van der Waals surface area contributed by atoms with Gasteiger partial charge in [0.15, 0.2) is 0 Å². The standard InChI is InChI=1S/C18H19ClN2O2/c1-23-17-7-6-13(10-16(17)19)21-18(22)15-5-3-2-4-14(15)12-8-9-20-11-12/h2-7,10,12,20H,8-9,11H2,1H3,(H,21,22)/t12-/m0/s1. The molecule has 5 heteroatoms. The minimum Gasteiger partial charge on any atom is -0.495 e. The van der Waals surface area contributed by atoms with Crippen molar-refractivity contribution in [1.29, 1.82) is 0 Å². The van der Waals surface area contributed by atoms with Crippen molar-refractivity contribution in [3.63, 3.8) is 0 Å². The lowest BCUT2D eigenvalue weighted by Gasteiger charge is -2.15. The lowest BCUT2D eigenvalue weighted by atomic mass is 9.93. The molecule has 0 spiro atoms. The third-order valence-corrected chi connectivity index (χ3v) is 4.41. The third-order valence-electron chi connectivity index (χ3n) is 4.12. The summed E-state index contributed by atoms with van der Waals surface area (Å²) in [5, 5.41) is 6.73. The number of anilines is 1. The maximum Gasteiger partial charge on any atom is 0.255 e. The number of benzene rings is 2. The molecule has 1 fully saturated rings. The molecule has 1 heterocycles. The summed E-state index contributed by atoms with van der Waals surface area (Å²) < 4.78 is 5.12. The van der Waals surface area contributed by atoms with Gasteiger partial charge in [0, 0.05) is 17.8 Å². The summed E-state index contributed by atoms with van der Waals surface area (Å²) in [6.07, 6.45) is 1.05. The number of hydrogen-bond acceptors (Lipinski definition) is 3. The van der Waals surface area contributed by atoms with Crippen molar-refractivity contribution in [1.82, 2.24) is 5.32 Å². The molecule has 0 aromatic heterocycles. The quantitative estimate of drug-likeness (QED) is 0.899. The first-order valence-corrected chi connectivity index (χ1v) is 8.01. The Morgan fingerprint density at radius 1 is 1.30 bits per heavy atom. The van der Waals surface area contributed by atoms with Gasteiger partial charge in [0.2, 0.25) is 0 Å². The van der Waals surface area contributed by atoms with Crippen molar-refractivity contribution < 1.29 is 9.53 Å². The molecule has 1 aliphatic heterocycles. The average Bonchev–Trinajstić information content (AvgIpc) is 3.09. The third kappa shape index (κ3) is 3.49. The van der Waals surface area contributed by atoms with Gasteiger partial charge in [-0.25, -0.2) is 0 Å². The number of methoxy groups -OCH3 is 1. The molecule has 0 aliphatic carbocycles. The molecule has 1 amide bonds. The summed E-state index contributed by atoms with van der Waals surface area (Å²) >= 11 is 6.11. The smallest absolute Gasteiger partial charge is 0.255 e. The summed E-state index contributed by atoms with van der Waals surface area (Å²) in [5.41, 5.74) is 2.46. The average molecular weight is 331 g/mol. The van der Waals surface area contributed by atoms with E-state index in [1.807, 2.05) is 24.3 Å². The van der Waals surface area contributed by atoms with Crippen LogP contribution in [0.4, 0.5) is 5.69 Å². The fourth-order valence-electron chi connectivity index (χ4n) is 2.92. The van der Waals surface area contributed by atoms with Gasteiger partial charge in [-0.15, -0.1) is 0 Å². The van der Waals surface area contributed by atoms with Crippen LogP contribution in [0.3, 0.4) is 0 Å². The second-order valence-electron chi connectivity index (χ2n) is 5.58. The van der Waals surface area contributed by atoms with Gasteiger partial charge in [0.25, 0.3) is 5.91 Å². The molecule has 1 saturated heterocycles. The number of nitrogens with one attached hydrogen (secondary N) is 2. The van der Waals surface area contributed by atoms with Gasteiger partial charge < -0.3 is 15.4 Å². The molecule has 0 radical (unpaired) electrons. The number of rotatable bonds is 4. The molecule has 23 heavy (non-hydrogen) atoms. The Balaban J connectivity index is 1.82. The summed E-state index contributed by atoms with van der Waals surface area (Å²) in [6, 6.07) is 13.0. The van der Waals surface area contributed by atoms with Gasteiger partial charge in [-0.3, -0.25) is 4.79 Å². The van der Waals surface area contributed by atoms with Gasteiger partial charge in [-0.2, -0.15) is 0 Å². The topological polar surface area (TPSA) is 50.4 Å². The number of carbonyl (C=O) groups is 1. The van der Waals surface area contributed by atoms with E-state index < -0.39 is 0 Å². The van der Waals surface area contributed by atoms with Gasteiger partial charge in [-0.1, -0.05) is 29.8 Å². The van der Waals surface area contributed by atoms with Crippen molar-refractivity contribution in [2.45, 2.75) is 12.3 Å². The van der Waals surface area contributed by atoms with E-state index in [4.69, 9.17) is 16.3 Å². The van der Waals surface area contributed by atoms with Crippen LogP contribution in [0.25, 0.3) is 0 Å². The molecule has 2 aromatic rings. The van der Waals surface area contributed by atoms with Crippen molar-refractivity contribution in [3.05, 3.63) is 58.6 Å². The monoisotopic (exact) mass is 330 g/mol. The predicted molar refractivity (Wildman–Crippen MR) is 92.6 cm³/mol. The fourth-order valence-corrected chi connectivity index (χ4v) is 3.18. The molecular formula is C18H19ClN2O2. The normalized spacial score (nSPS) is 17.0. The van der Waals surface area contributed by atoms with E-state index in [-0.39, 0.29) is 5.91 Å². The molecule has 2 N–H and O–H groups in total. The van der Waals surface area contributed by atoms with Crippen LogP contribution in [0.5, 0.6) is 5.75 Å². The van der Waals surface area contributed by atoms with E-state index in [0.29, 0.717) is 27.9 Å². The lowest BCUT2D eigenvalue weighted by molar-refractivity contribution is 0.102. The zero-order valence-electron chi connectivity index (χ0n) is 12.9. The molecule has 1 atom stereocenters. The van der Waals surface area contributed by atoms with Crippen LogP contribution >= 0.6 is 11.6 Å². The highest BCUT2D eigenvalue weighted by Crippen LogP contribution is 2.29. The van der Waals surface area contributed by atoms with E-state index in [2.05, 4.69) is 10.6 Å². The minimum atomic E-state index is -0.117. The molecule has 3 rings (SSSR count). The Bertz CT molecular complexity index is 712. The summed E-state index contributed by atoms with van der Waals surface area (Å²) in [4.78, 5) is 12.7. The van der Waals surface area contributed by atoms with Gasteiger partial charge in [0.1, 0.15) is 5.75 Å². The first-order chi connectivity index (χ1) is 11.2. The van der Waals surface area contributed by atoms with Crippen LogP contribution in [0.1, 0.15) is 28.3 Å². The van der Waals surface area contributed by atoms with Crippen LogP contribution in [-0.4, -0.2) is 26.1 Å². The summed E-state index contributed by atoms with van der Waals surface area (Å²) in [6.45, 7) is 1.91. The fraction of sp³-hybridized carbons (Fsp3) is 0.278. The first-order valence-electron chi connectivity index (χ1n) is 7.63. The van der Waals surface area contributed by atoms with Gasteiger partial charge >= 0.3 is 0 Å². The molecule has 4 nitrogen and oxygen atoms in total. The van der Waals surface area contributed by atoms with Crippen molar-refractivity contribution >= 4 is 23.2 Å². The van der Waals surface area contributed by atoms with Crippen LogP contribution in [-0.2, 0) is 0 Å². The maximum absolute atomic E-state index is 12.7. The van der Waals surface area contributed by atoms with Gasteiger partial charge in [-0.05, 0) is 48.7 Å². The lowest BCUT2D eigenvalue weighted by Crippen LogP contribution is -2.17. The molecule has 120 valence electrons. The van der Waals surface area contributed by atoms with E-state index >= 15 is 0 Å².